The fraction of sp³-hybridized carbons (Fsp3) is 0.308. The fourth-order valence-corrected chi connectivity index (χ4v) is 4.61. The van der Waals surface area contributed by atoms with E-state index in [0.717, 1.165) is 11.3 Å². The number of carbonyl (C=O) groups is 2. The molecule has 1 aromatic heterocycles. The first-order valence-electron chi connectivity index (χ1n) is 10.9. The van der Waals surface area contributed by atoms with Crippen molar-refractivity contribution in [3.63, 3.8) is 0 Å². The summed E-state index contributed by atoms with van der Waals surface area (Å²) in [6.45, 7) is 6.98. The molecule has 0 unspecified atom stereocenters. The molecule has 7 heteroatoms. The van der Waals surface area contributed by atoms with Gasteiger partial charge in [-0.25, -0.2) is 0 Å². The van der Waals surface area contributed by atoms with Gasteiger partial charge in [0.2, 0.25) is 5.91 Å². The van der Waals surface area contributed by atoms with E-state index in [1.807, 2.05) is 68.3 Å². The van der Waals surface area contributed by atoms with Crippen LogP contribution in [0.3, 0.4) is 0 Å². The van der Waals surface area contributed by atoms with Gasteiger partial charge in [-0.15, -0.1) is 0 Å². The van der Waals surface area contributed by atoms with Crippen molar-refractivity contribution in [2.45, 2.75) is 38.9 Å². The predicted octanol–water partition coefficient (Wildman–Crippen LogP) is 5.67. The number of amides is 2. The van der Waals surface area contributed by atoms with Crippen LogP contribution in [-0.2, 0) is 11.3 Å². The predicted molar refractivity (Wildman–Crippen MR) is 132 cm³/mol. The third kappa shape index (κ3) is 4.80. The summed E-state index contributed by atoms with van der Waals surface area (Å²) in [5.74, 6) is -0.373. The molecular formula is C26H27Cl2N3O2. The SMILES string of the molecule is CC(C)(C)N(CC(=O)N1CCn2cccc2[C@H]1c1ccc(Cl)cc1)C(=O)c1ccccc1Cl. The highest BCUT2D eigenvalue weighted by atomic mass is 35.5. The molecule has 0 radical (unpaired) electrons. The van der Waals surface area contributed by atoms with Crippen LogP contribution in [-0.4, -0.2) is 44.8 Å². The summed E-state index contributed by atoms with van der Waals surface area (Å²) >= 11 is 12.4. The maximum Gasteiger partial charge on any atom is 0.256 e. The number of hydrogen-bond donors (Lipinski definition) is 0. The molecule has 0 saturated heterocycles. The van der Waals surface area contributed by atoms with Gasteiger partial charge in [0.05, 0.1) is 16.6 Å². The molecule has 172 valence electrons. The minimum absolute atomic E-state index is 0.0433. The topological polar surface area (TPSA) is 45.6 Å². The highest BCUT2D eigenvalue weighted by Gasteiger charge is 2.36. The van der Waals surface area contributed by atoms with Gasteiger partial charge < -0.3 is 14.4 Å². The van der Waals surface area contributed by atoms with E-state index in [2.05, 4.69) is 4.57 Å². The van der Waals surface area contributed by atoms with E-state index in [1.54, 1.807) is 29.2 Å². The van der Waals surface area contributed by atoms with Gasteiger partial charge in [0.1, 0.15) is 6.54 Å². The maximum atomic E-state index is 13.7. The molecule has 0 spiro atoms. The first-order valence-corrected chi connectivity index (χ1v) is 11.7. The minimum Gasteiger partial charge on any atom is -0.348 e. The molecule has 33 heavy (non-hydrogen) atoms. The van der Waals surface area contributed by atoms with Crippen molar-refractivity contribution in [2.24, 2.45) is 0 Å². The zero-order chi connectivity index (χ0) is 23.8. The van der Waals surface area contributed by atoms with Crippen LogP contribution in [0.2, 0.25) is 10.0 Å². The van der Waals surface area contributed by atoms with Crippen molar-refractivity contribution < 1.29 is 9.59 Å². The van der Waals surface area contributed by atoms with Gasteiger partial charge in [-0.05, 0) is 62.7 Å². The Morgan fingerprint density at radius 1 is 0.970 bits per heavy atom. The number of benzene rings is 2. The number of aromatic nitrogens is 1. The Hall–Kier alpha value is -2.76. The Balaban J connectivity index is 1.66. The summed E-state index contributed by atoms with van der Waals surface area (Å²) in [5.41, 5.74) is 1.84. The summed E-state index contributed by atoms with van der Waals surface area (Å²) in [6, 6.07) is 18.3. The second kappa shape index (κ2) is 9.24. The Labute approximate surface area is 204 Å². The Morgan fingerprint density at radius 3 is 2.33 bits per heavy atom. The molecule has 2 amide bonds. The number of rotatable bonds is 4. The van der Waals surface area contributed by atoms with E-state index in [-0.39, 0.29) is 24.4 Å². The Bertz CT molecular complexity index is 1160. The second-order valence-electron chi connectivity index (χ2n) is 9.21. The second-order valence-corrected chi connectivity index (χ2v) is 10.1. The van der Waals surface area contributed by atoms with E-state index in [1.165, 1.54) is 0 Å². The van der Waals surface area contributed by atoms with Crippen molar-refractivity contribution in [3.8, 4) is 0 Å². The van der Waals surface area contributed by atoms with Gasteiger partial charge in [0.15, 0.2) is 0 Å². The van der Waals surface area contributed by atoms with Gasteiger partial charge in [-0.2, -0.15) is 0 Å². The van der Waals surface area contributed by atoms with Crippen molar-refractivity contribution in [1.82, 2.24) is 14.4 Å². The molecule has 2 heterocycles. The summed E-state index contributed by atoms with van der Waals surface area (Å²) < 4.78 is 2.17. The van der Waals surface area contributed by atoms with Crippen molar-refractivity contribution in [3.05, 3.63) is 93.7 Å². The number of nitrogens with zero attached hydrogens (tertiary/aromatic N) is 3. The summed E-state index contributed by atoms with van der Waals surface area (Å²) in [4.78, 5) is 30.6. The lowest BCUT2D eigenvalue weighted by Gasteiger charge is -2.41. The smallest absolute Gasteiger partial charge is 0.256 e. The highest BCUT2D eigenvalue weighted by molar-refractivity contribution is 6.33. The van der Waals surface area contributed by atoms with E-state index in [4.69, 9.17) is 23.2 Å². The van der Waals surface area contributed by atoms with Crippen LogP contribution < -0.4 is 0 Å². The molecule has 3 aromatic rings. The molecule has 2 aromatic carbocycles. The number of halogens is 2. The van der Waals surface area contributed by atoms with E-state index >= 15 is 0 Å². The maximum absolute atomic E-state index is 13.7. The first-order chi connectivity index (χ1) is 15.7. The quantitative estimate of drug-likeness (QED) is 0.479. The molecule has 1 aliphatic rings. The normalized spacial score (nSPS) is 15.8. The van der Waals surface area contributed by atoms with Gasteiger partial charge in [0.25, 0.3) is 5.91 Å². The molecule has 1 aliphatic heterocycles. The van der Waals surface area contributed by atoms with Crippen molar-refractivity contribution >= 4 is 35.0 Å². The summed E-state index contributed by atoms with van der Waals surface area (Å²) in [5, 5.41) is 1.02. The third-order valence-corrected chi connectivity index (χ3v) is 6.58. The van der Waals surface area contributed by atoms with Gasteiger partial charge >= 0.3 is 0 Å². The third-order valence-electron chi connectivity index (χ3n) is 6.00. The van der Waals surface area contributed by atoms with E-state index in [9.17, 15) is 9.59 Å². The van der Waals surface area contributed by atoms with Crippen LogP contribution in [0, 0.1) is 0 Å². The Morgan fingerprint density at radius 2 is 1.67 bits per heavy atom. The molecular weight excluding hydrogens is 457 g/mol. The van der Waals surface area contributed by atoms with Crippen LogP contribution in [0.5, 0.6) is 0 Å². The average Bonchev–Trinajstić information content (AvgIpc) is 3.25. The lowest BCUT2D eigenvalue weighted by molar-refractivity contribution is -0.135. The van der Waals surface area contributed by atoms with Crippen molar-refractivity contribution in [1.29, 1.82) is 0 Å². The monoisotopic (exact) mass is 483 g/mol. The minimum atomic E-state index is -0.572. The molecule has 0 saturated carbocycles. The van der Waals surface area contributed by atoms with E-state index in [0.29, 0.717) is 28.7 Å². The molecule has 0 bridgehead atoms. The first kappa shape index (κ1) is 23.4. The van der Waals surface area contributed by atoms with Gasteiger partial charge in [0, 0.05) is 35.5 Å². The fourth-order valence-electron chi connectivity index (χ4n) is 4.27. The zero-order valence-corrected chi connectivity index (χ0v) is 20.5. The molecule has 5 nitrogen and oxygen atoms in total. The zero-order valence-electron chi connectivity index (χ0n) is 19.0. The van der Waals surface area contributed by atoms with Gasteiger partial charge in [-0.1, -0.05) is 47.5 Å². The van der Waals surface area contributed by atoms with Crippen LogP contribution in [0.25, 0.3) is 0 Å². The van der Waals surface area contributed by atoms with Crippen molar-refractivity contribution in [2.75, 3.05) is 13.1 Å². The lowest BCUT2D eigenvalue weighted by atomic mass is 9.99. The Kier molecular flexibility index (Phi) is 6.55. The van der Waals surface area contributed by atoms with Crippen LogP contribution in [0.1, 0.15) is 48.4 Å². The summed E-state index contributed by atoms with van der Waals surface area (Å²) in [6.07, 6.45) is 2.03. The number of carbonyl (C=O) groups excluding carboxylic acids is 2. The highest BCUT2D eigenvalue weighted by Crippen LogP contribution is 2.33. The molecule has 0 N–H and O–H groups in total. The standard InChI is InChI=1S/C26H27Cl2N3O2/c1-26(2,3)31(25(33)20-7-4-5-8-21(20)28)17-23(32)30-16-15-29-14-6-9-22(29)24(30)18-10-12-19(27)13-11-18/h4-14,24H,15-17H2,1-3H3/t24-/m1/s1. The van der Waals surface area contributed by atoms with Crippen LogP contribution in [0.4, 0.5) is 0 Å². The average molecular weight is 484 g/mol. The van der Waals surface area contributed by atoms with Crippen LogP contribution >= 0.6 is 23.2 Å². The van der Waals surface area contributed by atoms with E-state index < -0.39 is 5.54 Å². The van der Waals surface area contributed by atoms with Gasteiger partial charge in [-0.3, -0.25) is 9.59 Å². The molecule has 0 aliphatic carbocycles. The summed E-state index contributed by atoms with van der Waals surface area (Å²) in [7, 11) is 0. The lowest BCUT2D eigenvalue weighted by Crippen LogP contribution is -2.53. The van der Waals surface area contributed by atoms with Crippen LogP contribution in [0.15, 0.2) is 66.9 Å². The molecule has 4 rings (SSSR count). The largest absolute Gasteiger partial charge is 0.348 e. The molecule has 0 fully saturated rings. The number of hydrogen-bond acceptors (Lipinski definition) is 2. The molecule has 1 atom stereocenters. The number of fused-ring (bicyclic) bond motifs is 1.